The van der Waals surface area contributed by atoms with Crippen molar-refractivity contribution in [3.63, 3.8) is 0 Å². The summed E-state index contributed by atoms with van der Waals surface area (Å²) in [5.41, 5.74) is 12.1. The minimum absolute atomic E-state index is 0.862. The van der Waals surface area contributed by atoms with E-state index < -0.39 is 0 Å². The number of hydrogen-bond acceptors (Lipinski definition) is 2. The van der Waals surface area contributed by atoms with Gasteiger partial charge in [-0.3, -0.25) is 0 Å². The Morgan fingerprint density at radius 2 is 0.904 bits per heavy atom. The van der Waals surface area contributed by atoms with Crippen LogP contribution in [0.5, 0.6) is 0 Å². The molecule has 2 nitrogen and oxygen atoms in total. The lowest BCUT2D eigenvalue weighted by molar-refractivity contribution is 0.669. The van der Waals surface area contributed by atoms with Gasteiger partial charge in [-0.1, -0.05) is 146 Å². The molecule has 0 fully saturated rings. The molecule has 0 aliphatic heterocycles. The minimum atomic E-state index is 0.862. The summed E-state index contributed by atoms with van der Waals surface area (Å²) in [7, 11) is 0. The lowest BCUT2D eigenvalue weighted by Crippen LogP contribution is -2.11. The molecule has 0 spiro atoms. The molecule has 1 aromatic heterocycles. The first kappa shape index (κ1) is 30.0. The van der Waals surface area contributed by atoms with E-state index in [4.69, 9.17) is 4.42 Å². The number of para-hydroxylation sites is 2. The molecule has 0 aliphatic rings. The van der Waals surface area contributed by atoms with Crippen LogP contribution in [0.15, 0.2) is 205 Å². The summed E-state index contributed by atoms with van der Waals surface area (Å²) in [4.78, 5) is 2.41. The fourth-order valence-electron chi connectivity index (χ4n) is 7.64. The molecule has 0 aliphatic carbocycles. The molecule has 10 rings (SSSR count). The molecule has 0 unspecified atom stereocenters. The lowest BCUT2D eigenvalue weighted by atomic mass is 9.95. The van der Waals surface area contributed by atoms with Crippen molar-refractivity contribution in [2.45, 2.75) is 0 Å². The Bertz CT molecular complexity index is 2890. The van der Waals surface area contributed by atoms with Gasteiger partial charge in [0.2, 0.25) is 0 Å². The molecule has 0 bridgehead atoms. The first-order valence-electron chi connectivity index (χ1n) is 17.8. The molecule has 0 N–H and O–H groups in total. The second kappa shape index (κ2) is 12.5. The van der Waals surface area contributed by atoms with Gasteiger partial charge in [0, 0.05) is 22.3 Å². The maximum atomic E-state index is 6.53. The molecule has 244 valence electrons. The molecule has 2 heteroatoms. The first-order valence-corrected chi connectivity index (χ1v) is 17.8. The van der Waals surface area contributed by atoms with Gasteiger partial charge in [0.1, 0.15) is 11.2 Å². The fraction of sp³-hybridized carbons (Fsp3) is 0. The third-order valence-electron chi connectivity index (χ3n) is 10.2. The average Bonchev–Trinajstić information content (AvgIpc) is 3.60. The number of nitrogens with zero attached hydrogens (tertiary/aromatic N) is 1. The summed E-state index contributed by atoms with van der Waals surface area (Å²) in [6.07, 6.45) is 0. The van der Waals surface area contributed by atoms with E-state index in [0.29, 0.717) is 0 Å². The van der Waals surface area contributed by atoms with Gasteiger partial charge in [-0.15, -0.1) is 0 Å². The van der Waals surface area contributed by atoms with Crippen LogP contribution in [0.2, 0.25) is 0 Å². The average molecular weight is 664 g/mol. The maximum Gasteiger partial charge on any atom is 0.137 e. The highest BCUT2D eigenvalue weighted by atomic mass is 16.3. The molecule has 1 heterocycles. The summed E-state index contributed by atoms with van der Waals surface area (Å²) in [6.45, 7) is 0. The Kier molecular flexibility index (Phi) is 7.18. The Morgan fingerprint density at radius 3 is 1.69 bits per heavy atom. The zero-order valence-corrected chi connectivity index (χ0v) is 28.4. The van der Waals surface area contributed by atoms with E-state index in [-0.39, 0.29) is 0 Å². The van der Waals surface area contributed by atoms with Crippen LogP contribution in [0.25, 0.3) is 76.9 Å². The van der Waals surface area contributed by atoms with Crippen molar-refractivity contribution in [1.29, 1.82) is 0 Å². The van der Waals surface area contributed by atoms with Crippen LogP contribution in [-0.2, 0) is 0 Å². The third kappa shape index (κ3) is 5.21. The van der Waals surface area contributed by atoms with Crippen molar-refractivity contribution in [3.8, 4) is 33.4 Å². The quantitative estimate of drug-likeness (QED) is 0.176. The zero-order valence-electron chi connectivity index (χ0n) is 28.4. The van der Waals surface area contributed by atoms with Gasteiger partial charge in [0.05, 0.1) is 11.1 Å². The molecule has 0 atom stereocenters. The van der Waals surface area contributed by atoms with Crippen LogP contribution in [0.1, 0.15) is 0 Å². The first-order chi connectivity index (χ1) is 25.8. The molecule has 52 heavy (non-hydrogen) atoms. The molecule has 0 saturated heterocycles. The van der Waals surface area contributed by atoms with Crippen molar-refractivity contribution in [1.82, 2.24) is 0 Å². The van der Waals surface area contributed by atoms with E-state index in [1.807, 2.05) is 6.07 Å². The van der Waals surface area contributed by atoms with Crippen molar-refractivity contribution in [2.24, 2.45) is 0 Å². The predicted molar refractivity (Wildman–Crippen MR) is 220 cm³/mol. The summed E-state index contributed by atoms with van der Waals surface area (Å²) >= 11 is 0. The highest BCUT2D eigenvalue weighted by Crippen LogP contribution is 2.48. The number of furan rings is 1. The second-order valence-electron chi connectivity index (χ2n) is 13.4. The molecule has 0 radical (unpaired) electrons. The Hall–Kier alpha value is -6.90. The van der Waals surface area contributed by atoms with Crippen LogP contribution >= 0.6 is 0 Å². The van der Waals surface area contributed by atoms with Gasteiger partial charge in [0.15, 0.2) is 0 Å². The molecule has 9 aromatic carbocycles. The lowest BCUT2D eigenvalue weighted by Gasteiger charge is -2.29. The summed E-state index contributed by atoms with van der Waals surface area (Å²) in [6, 6.07) is 71.8. The second-order valence-corrected chi connectivity index (χ2v) is 13.4. The molecular weight excluding hydrogens is 631 g/mol. The maximum absolute atomic E-state index is 6.53. The van der Waals surface area contributed by atoms with E-state index in [0.717, 1.165) is 50.1 Å². The Labute approximate surface area is 302 Å². The van der Waals surface area contributed by atoms with Gasteiger partial charge in [0.25, 0.3) is 0 Å². The Morgan fingerprint density at radius 1 is 0.327 bits per heavy atom. The van der Waals surface area contributed by atoms with Gasteiger partial charge in [-0.05, 0) is 104 Å². The van der Waals surface area contributed by atoms with Crippen LogP contribution in [0.4, 0.5) is 17.1 Å². The van der Waals surface area contributed by atoms with Gasteiger partial charge >= 0.3 is 0 Å². The van der Waals surface area contributed by atoms with Crippen LogP contribution < -0.4 is 4.90 Å². The van der Waals surface area contributed by atoms with Crippen molar-refractivity contribution in [2.75, 3.05) is 4.90 Å². The van der Waals surface area contributed by atoms with E-state index in [9.17, 15) is 0 Å². The number of hydrogen-bond donors (Lipinski definition) is 0. The third-order valence-corrected chi connectivity index (χ3v) is 10.2. The monoisotopic (exact) mass is 663 g/mol. The zero-order chi connectivity index (χ0) is 34.4. The number of fused-ring (bicyclic) bond motifs is 5. The van der Waals surface area contributed by atoms with E-state index >= 15 is 0 Å². The van der Waals surface area contributed by atoms with Crippen LogP contribution in [0, 0.1) is 0 Å². The van der Waals surface area contributed by atoms with Crippen molar-refractivity contribution in [3.05, 3.63) is 200 Å². The topological polar surface area (TPSA) is 16.4 Å². The van der Waals surface area contributed by atoms with Crippen molar-refractivity contribution >= 4 is 60.5 Å². The number of benzene rings is 9. The fourth-order valence-corrected chi connectivity index (χ4v) is 7.64. The standard InChI is InChI=1S/C50H33NO/c1-3-11-34(12-4-1)41-26-22-37-27-28-44(33-42(37)32-41)51(43-15-5-2-6-16-43)50-45(29-30-48-49(50)46-17-9-10-18-47(46)52-48)38-23-19-36(20-24-38)40-25-21-35-13-7-8-14-39(35)31-40/h1-33H. The van der Waals surface area contributed by atoms with Crippen LogP contribution in [-0.4, -0.2) is 0 Å². The van der Waals surface area contributed by atoms with E-state index in [1.165, 1.54) is 43.8 Å². The minimum Gasteiger partial charge on any atom is -0.456 e. The smallest absolute Gasteiger partial charge is 0.137 e. The number of anilines is 3. The van der Waals surface area contributed by atoms with Gasteiger partial charge in [-0.25, -0.2) is 0 Å². The largest absolute Gasteiger partial charge is 0.456 e. The summed E-state index contributed by atoms with van der Waals surface area (Å²) in [5.74, 6) is 0. The predicted octanol–water partition coefficient (Wildman–Crippen LogP) is 14.4. The Balaban J connectivity index is 1.19. The molecule has 10 aromatic rings. The van der Waals surface area contributed by atoms with Crippen LogP contribution in [0.3, 0.4) is 0 Å². The highest BCUT2D eigenvalue weighted by Gasteiger charge is 2.24. The summed E-state index contributed by atoms with van der Waals surface area (Å²) in [5, 5.41) is 7.06. The van der Waals surface area contributed by atoms with Gasteiger partial charge in [-0.2, -0.15) is 0 Å². The normalized spacial score (nSPS) is 11.5. The molecule has 0 amide bonds. The van der Waals surface area contributed by atoms with E-state index in [2.05, 4.69) is 199 Å². The summed E-state index contributed by atoms with van der Waals surface area (Å²) < 4.78 is 6.53. The SMILES string of the molecule is c1ccc(-c2ccc3ccc(N(c4ccccc4)c4c(-c5ccc(-c6ccc7ccccc7c6)cc5)ccc5oc6ccccc6c45)cc3c2)cc1. The molecule has 0 saturated carbocycles. The van der Waals surface area contributed by atoms with Crippen molar-refractivity contribution < 1.29 is 4.42 Å². The highest BCUT2D eigenvalue weighted by molar-refractivity contribution is 6.17. The number of rotatable bonds is 6. The van der Waals surface area contributed by atoms with E-state index in [1.54, 1.807) is 0 Å². The van der Waals surface area contributed by atoms with Gasteiger partial charge < -0.3 is 9.32 Å². The molecular formula is C50H33NO.